The number of carbonyl (C=O) groups excluding carboxylic acids is 2. The smallest absolute Gasteiger partial charge is 0.315 e. The molecule has 0 aliphatic heterocycles. The number of urea groups is 1. The van der Waals surface area contributed by atoms with Crippen LogP contribution in [0.15, 0.2) is 35.7 Å². The van der Waals surface area contributed by atoms with Gasteiger partial charge in [0.15, 0.2) is 0 Å². The number of aromatic nitrogens is 1. The van der Waals surface area contributed by atoms with Gasteiger partial charge in [-0.1, -0.05) is 54.5 Å². The third-order valence-corrected chi connectivity index (χ3v) is 15.5. The largest absolute Gasteiger partial charge is 0.481 e. The predicted molar refractivity (Wildman–Crippen MR) is 196 cm³/mol. The number of hydrogen-bond donors (Lipinski definition) is 4. The van der Waals surface area contributed by atoms with Gasteiger partial charge in [0.2, 0.25) is 0 Å². The molecule has 6 rings (SSSR count). The minimum atomic E-state index is -1.16. The Morgan fingerprint density at radius 3 is 2.35 bits per heavy atom. The summed E-state index contributed by atoms with van der Waals surface area (Å²) < 4.78 is 6.16. The number of aliphatic hydroxyl groups excluding tert-OH is 1. The lowest BCUT2D eigenvalue weighted by atomic mass is 9.33. The number of carboxylic acids is 1. The van der Waals surface area contributed by atoms with Gasteiger partial charge in [-0.15, -0.1) is 0 Å². The Kier molecular flexibility index (Phi) is 9.54. The monoisotopic (exact) mass is 705 g/mol. The molecule has 282 valence electrons. The van der Waals surface area contributed by atoms with Crippen LogP contribution in [0.1, 0.15) is 132 Å². The summed E-state index contributed by atoms with van der Waals surface area (Å²) >= 11 is 0. The quantitative estimate of drug-likeness (QED) is 0.160. The molecule has 4 N–H and O–H groups in total. The second-order valence-electron chi connectivity index (χ2n) is 19.3. The van der Waals surface area contributed by atoms with E-state index in [1.807, 2.05) is 12.1 Å². The summed E-state index contributed by atoms with van der Waals surface area (Å²) in [5, 5.41) is 27.8. The number of hydrogen-bond acceptors (Lipinski definition) is 6. The molecule has 4 saturated carbocycles. The van der Waals surface area contributed by atoms with E-state index in [2.05, 4.69) is 64.1 Å². The van der Waals surface area contributed by atoms with Crippen LogP contribution in [0.25, 0.3) is 0 Å². The molecule has 0 saturated heterocycles. The summed E-state index contributed by atoms with van der Waals surface area (Å²) in [7, 11) is 0. The van der Waals surface area contributed by atoms with Gasteiger partial charge in [-0.2, -0.15) is 0 Å². The van der Waals surface area contributed by atoms with Crippen molar-refractivity contribution in [2.24, 2.45) is 50.7 Å². The molecule has 9 atom stereocenters. The average molecular weight is 706 g/mol. The fourth-order valence-corrected chi connectivity index (χ4v) is 12.8. The number of nitrogens with zero attached hydrogens (tertiary/aromatic N) is 1. The molecule has 1 heterocycles. The van der Waals surface area contributed by atoms with Gasteiger partial charge >= 0.3 is 18.0 Å². The van der Waals surface area contributed by atoms with Crippen molar-refractivity contribution < 1.29 is 29.3 Å². The number of pyridine rings is 1. The Labute approximate surface area is 305 Å². The summed E-state index contributed by atoms with van der Waals surface area (Å²) in [4.78, 5) is 42.6. The summed E-state index contributed by atoms with van der Waals surface area (Å²) in [6.45, 7) is 20.1. The van der Waals surface area contributed by atoms with Crippen LogP contribution in [0.5, 0.6) is 0 Å². The number of carbonyl (C=O) groups is 3. The summed E-state index contributed by atoms with van der Waals surface area (Å²) in [5.41, 5.74) is 1.54. The maximum atomic E-state index is 13.6. The van der Waals surface area contributed by atoms with Crippen LogP contribution >= 0.6 is 0 Å². The first-order valence-electron chi connectivity index (χ1n) is 19.5. The van der Waals surface area contributed by atoms with E-state index in [0.29, 0.717) is 24.8 Å². The number of carboxylic acid groups (broad SMARTS) is 1. The lowest BCUT2D eigenvalue weighted by Crippen LogP contribution is -2.67. The highest BCUT2D eigenvalue weighted by Crippen LogP contribution is 2.76. The van der Waals surface area contributed by atoms with Crippen LogP contribution in [0, 0.1) is 50.7 Å². The van der Waals surface area contributed by atoms with E-state index in [-0.39, 0.29) is 52.1 Å². The van der Waals surface area contributed by atoms with E-state index < -0.39 is 29.0 Å². The van der Waals surface area contributed by atoms with Crippen molar-refractivity contribution in [2.45, 2.75) is 151 Å². The van der Waals surface area contributed by atoms with Gasteiger partial charge in [-0.05, 0) is 128 Å². The van der Waals surface area contributed by atoms with Crippen molar-refractivity contribution >= 4 is 18.0 Å². The summed E-state index contributed by atoms with van der Waals surface area (Å²) in [6, 6.07) is 3.63. The molecule has 2 amide bonds. The number of rotatable bonds is 8. The highest BCUT2D eigenvalue weighted by molar-refractivity contribution is 5.81. The SMILES string of the molecule is CC(C)C1=C2C3CCC4[C@@]5(C)CC[C@H](OC(=O)CC(C)(C)C(=O)O)C(C)(C)C5CC[C@@]4(C)[C@]3(C)CC[C@@]2(NC(=O)NCc2cccnc2)CC1O. The first-order valence-corrected chi connectivity index (χ1v) is 19.5. The molecule has 0 bridgehead atoms. The Balaban J connectivity index is 1.26. The minimum absolute atomic E-state index is 0.00331. The molecule has 1 aromatic rings. The fourth-order valence-electron chi connectivity index (χ4n) is 12.8. The first-order chi connectivity index (χ1) is 23.7. The molecule has 0 radical (unpaired) electrons. The number of ether oxygens (including phenoxy) is 1. The molecular formula is C42H63N3O6. The van der Waals surface area contributed by atoms with Crippen LogP contribution in [-0.2, 0) is 20.9 Å². The first kappa shape index (κ1) is 37.8. The number of amides is 2. The molecule has 5 aliphatic carbocycles. The van der Waals surface area contributed by atoms with Gasteiger partial charge in [-0.3, -0.25) is 14.6 Å². The lowest BCUT2D eigenvalue weighted by Gasteiger charge is -2.72. The van der Waals surface area contributed by atoms with Crippen LogP contribution in [0.4, 0.5) is 4.79 Å². The predicted octanol–water partition coefficient (Wildman–Crippen LogP) is 7.82. The molecular weight excluding hydrogens is 642 g/mol. The van der Waals surface area contributed by atoms with Crippen LogP contribution in [0.2, 0.25) is 0 Å². The lowest BCUT2D eigenvalue weighted by molar-refractivity contribution is -0.232. The number of esters is 1. The van der Waals surface area contributed by atoms with E-state index in [9.17, 15) is 24.6 Å². The molecule has 4 unspecified atom stereocenters. The van der Waals surface area contributed by atoms with Gasteiger partial charge in [0.25, 0.3) is 0 Å². The fraction of sp³-hybridized carbons (Fsp3) is 0.762. The number of aliphatic hydroxyl groups is 1. The third kappa shape index (κ3) is 6.01. The molecule has 1 aromatic heterocycles. The van der Waals surface area contributed by atoms with Gasteiger partial charge < -0.3 is 25.6 Å². The molecule has 0 aromatic carbocycles. The van der Waals surface area contributed by atoms with Crippen molar-refractivity contribution in [3.8, 4) is 0 Å². The molecule has 9 nitrogen and oxygen atoms in total. The van der Waals surface area contributed by atoms with Crippen molar-refractivity contribution in [3.05, 3.63) is 41.2 Å². The van der Waals surface area contributed by atoms with Crippen molar-refractivity contribution in [1.29, 1.82) is 0 Å². The van der Waals surface area contributed by atoms with E-state index >= 15 is 0 Å². The van der Waals surface area contributed by atoms with Crippen molar-refractivity contribution in [2.75, 3.05) is 0 Å². The van der Waals surface area contributed by atoms with Crippen molar-refractivity contribution in [1.82, 2.24) is 15.6 Å². The highest BCUT2D eigenvalue weighted by Gasteiger charge is 2.70. The van der Waals surface area contributed by atoms with E-state index in [4.69, 9.17) is 4.74 Å². The molecule has 51 heavy (non-hydrogen) atoms. The second-order valence-corrected chi connectivity index (χ2v) is 19.3. The van der Waals surface area contributed by atoms with Crippen LogP contribution < -0.4 is 10.6 Å². The van der Waals surface area contributed by atoms with Gasteiger partial charge in [0.05, 0.1) is 23.5 Å². The Hall–Kier alpha value is -2.94. The zero-order valence-electron chi connectivity index (χ0n) is 32.5. The number of aliphatic carboxylic acids is 1. The maximum absolute atomic E-state index is 13.6. The molecule has 4 fully saturated rings. The topological polar surface area (TPSA) is 138 Å². The van der Waals surface area contributed by atoms with Crippen LogP contribution in [-0.4, -0.2) is 50.9 Å². The van der Waals surface area contributed by atoms with Crippen molar-refractivity contribution in [3.63, 3.8) is 0 Å². The maximum Gasteiger partial charge on any atom is 0.315 e. The Morgan fingerprint density at radius 2 is 1.71 bits per heavy atom. The molecule has 9 heteroatoms. The molecule has 0 spiro atoms. The Bertz CT molecular complexity index is 1570. The van der Waals surface area contributed by atoms with E-state index in [1.54, 1.807) is 26.2 Å². The normalized spacial score (nSPS) is 38.5. The standard InChI is InChI=1S/C42H63N3O6/c1-25(2)33-28(46)21-42(45-36(50)44-24-26-11-10-20-43-23-26)19-18-40(8)27(34(33)42)12-13-30-39(7)16-15-31(51-32(47)22-37(3,4)35(48)49)38(5,6)29(39)14-17-41(30,40)9/h10-11,20,23,25,27-31,46H,12-19,21-22,24H2,1-9H3,(H,48,49)(H2,44,45,50)/t27?,28?,29?,30?,31-,39-,40+,41+,42+/m0/s1. The van der Waals surface area contributed by atoms with Gasteiger partial charge in [0.1, 0.15) is 6.10 Å². The average Bonchev–Trinajstić information content (AvgIpc) is 3.33. The van der Waals surface area contributed by atoms with Gasteiger partial charge in [0, 0.05) is 30.8 Å². The van der Waals surface area contributed by atoms with Crippen LogP contribution in [0.3, 0.4) is 0 Å². The molecule has 5 aliphatic rings. The Morgan fingerprint density at radius 1 is 0.980 bits per heavy atom. The second kappa shape index (κ2) is 12.9. The van der Waals surface area contributed by atoms with E-state index in [0.717, 1.165) is 62.5 Å². The number of fused-ring (bicyclic) bond motifs is 7. The minimum Gasteiger partial charge on any atom is -0.481 e. The number of nitrogens with one attached hydrogen (secondary N) is 2. The zero-order chi connectivity index (χ0) is 37.4. The zero-order valence-corrected chi connectivity index (χ0v) is 32.5. The summed E-state index contributed by atoms with van der Waals surface area (Å²) in [5.74, 6) is -0.107. The van der Waals surface area contributed by atoms with E-state index in [1.165, 1.54) is 5.57 Å². The highest BCUT2D eigenvalue weighted by atomic mass is 16.5. The third-order valence-electron chi connectivity index (χ3n) is 15.5. The van der Waals surface area contributed by atoms with Gasteiger partial charge in [-0.25, -0.2) is 4.79 Å². The summed E-state index contributed by atoms with van der Waals surface area (Å²) in [6.07, 6.45) is 10.9.